The topological polar surface area (TPSA) is 55.1 Å². The Morgan fingerprint density at radius 3 is 2.54 bits per heavy atom. The molecule has 6 heteroatoms. The Labute approximate surface area is 147 Å². The summed E-state index contributed by atoms with van der Waals surface area (Å²) in [5.74, 6) is -1.52. The molecule has 128 valence electrons. The fraction of sp³-hybridized carbons (Fsp3) is 0. The Hall–Kier alpha value is -3.54. The van der Waals surface area contributed by atoms with Crippen molar-refractivity contribution in [2.45, 2.75) is 0 Å². The molecule has 0 aliphatic heterocycles. The third-order valence-corrected chi connectivity index (χ3v) is 3.95. The van der Waals surface area contributed by atoms with Crippen LogP contribution in [0.15, 0.2) is 71.3 Å². The van der Waals surface area contributed by atoms with Crippen molar-refractivity contribution in [1.82, 2.24) is 5.16 Å². The van der Waals surface area contributed by atoms with E-state index in [0.717, 1.165) is 11.6 Å². The van der Waals surface area contributed by atoms with Crippen molar-refractivity contribution in [2.75, 3.05) is 5.32 Å². The van der Waals surface area contributed by atoms with E-state index in [0.29, 0.717) is 28.3 Å². The zero-order valence-electron chi connectivity index (χ0n) is 13.4. The third kappa shape index (κ3) is 2.93. The predicted octanol–water partition coefficient (Wildman–Crippen LogP) is 5.03. The van der Waals surface area contributed by atoms with Gasteiger partial charge in [0.05, 0.1) is 11.1 Å². The van der Waals surface area contributed by atoms with Crippen molar-refractivity contribution >= 4 is 22.5 Å². The molecule has 0 fully saturated rings. The molecule has 0 bridgehead atoms. The number of nitrogens with one attached hydrogen (secondary N) is 1. The number of carbonyl (C=O) groups is 1. The van der Waals surface area contributed by atoms with Crippen LogP contribution in [0.2, 0.25) is 0 Å². The Morgan fingerprint density at radius 1 is 0.962 bits per heavy atom. The summed E-state index contributed by atoms with van der Waals surface area (Å²) in [6.45, 7) is 0. The molecule has 0 saturated heterocycles. The lowest BCUT2D eigenvalue weighted by Gasteiger charge is -2.06. The van der Waals surface area contributed by atoms with E-state index in [4.69, 9.17) is 4.52 Å². The zero-order chi connectivity index (χ0) is 18.1. The number of amides is 1. The summed E-state index contributed by atoms with van der Waals surface area (Å²) in [5, 5.41) is 7.10. The molecule has 0 aliphatic rings. The van der Waals surface area contributed by atoms with Gasteiger partial charge in [-0.05, 0) is 30.3 Å². The largest absolute Gasteiger partial charge is 0.355 e. The minimum atomic E-state index is -0.839. The van der Waals surface area contributed by atoms with Crippen LogP contribution < -0.4 is 5.32 Å². The summed E-state index contributed by atoms with van der Waals surface area (Å²) in [4.78, 5) is 12.4. The molecular formula is C20H12F2N2O2. The second-order valence-electron chi connectivity index (χ2n) is 5.69. The summed E-state index contributed by atoms with van der Waals surface area (Å²) in [6, 6.07) is 17.2. The lowest BCUT2D eigenvalue weighted by atomic mass is 10.1. The van der Waals surface area contributed by atoms with E-state index in [2.05, 4.69) is 10.5 Å². The zero-order valence-corrected chi connectivity index (χ0v) is 13.4. The molecule has 0 radical (unpaired) electrons. The van der Waals surface area contributed by atoms with E-state index >= 15 is 0 Å². The number of benzene rings is 3. The number of rotatable bonds is 3. The molecule has 1 heterocycles. The van der Waals surface area contributed by atoms with E-state index in [1.807, 2.05) is 30.3 Å². The number of hydrogen-bond acceptors (Lipinski definition) is 3. The predicted molar refractivity (Wildman–Crippen MR) is 93.8 cm³/mol. The van der Waals surface area contributed by atoms with Crippen molar-refractivity contribution < 1.29 is 18.1 Å². The van der Waals surface area contributed by atoms with Gasteiger partial charge in [0.1, 0.15) is 17.2 Å². The third-order valence-electron chi connectivity index (χ3n) is 3.95. The molecule has 3 aromatic carbocycles. The van der Waals surface area contributed by atoms with Gasteiger partial charge in [-0.15, -0.1) is 0 Å². The van der Waals surface area contributed by atoms with E-state index in [1.54, 1.807) is 18.2 Å². The highest BCUT2D eigenvalue weighted by atomic mass is 19.1. The average molecular weight is 350 g/mol. The van der Waals surface area contributed by atoms with Crippen molar-refractivity contribution in [3.05, 3.63) is 83.9 Å². The minimum Gasteiger partial charge on any atom is -0.355 e. The van der Waals surface area contributed by atoms with Gasteiger partial charge in [-0.2, -0.15) is 0 Å². The van der Waals surface area contributed by atoms with E-state index in [1.165, 1.54) is 6.07 Å². The Kier molecular flexibility index (Phi) is 3.93. The highest BCUT2D eigenvalue weighted by Crippen LogP contribution is 2.29. The maximum atomic E-state index is 13.7. The van der Waals surface area contributed by atoms with Gasteiger partial charge in [0, 0.05) is 17.2 Å². The first-order valence-electron chi connectivity index (χ1n) is 7.83. The van der Waals surface area contributed by atoms with Crippen LogP contribution in [0.3, 0.4) is 0 Å². The molecule has 0 spiro atoms. The van der Waals surface area contributed by atoms with Crippen LogP contribution in [0.25, 0.3) is 22.2 Å². The fourth-order valence-corrected chi connectivity index (χ4v) is 2.67. The smallest absolute Gasteiger partial charge is 0.255 e. The average Bonchev–Trinajstić information content (AvgIpc) is 3.08. The number of halogens is 2. The Morgan fingerprint density at radius 2 is 1.77 bits per heavy atom. The standard InChI is InChI=1S/C20H12F2N2O2/c21-14-7-9-18(16(22)11-14)23-20(25)13-6-8-17-15(10-13)19(26-24-17)12-4-2-1-3-5-12/h1-11H,(H,23,25). The van der Waals surface area contributed by atoms with Gasteiger partial charge in [-0.3, -0.25) is 4.79 Å². The van der Waals surface area contributed by atoms with Crippen molar-refractivity contribution in [3.63, 3.8) is 0 Å². The lowest BCUT2D eigenvalue weighted by molar-refractivity contribution is 0.102. The van der Waals surface area contributed by atoms with Crippen LogP contribution in [-0.4, -0.2) is 11.1 Å². The molecule has 1 aromatic heterocycles. The highest BCUT2D eigenvalue weighted by molar-refractivity contribution is 6.07. The minimum absolute atomic E-state index is 0.0925. The van der Waals surface area contributed by atoms with Crippen LogP contribution in [0.1, 0.15) is 10.4 Å². The molecule has 4 nitrogen and oxygen atoms in total. The molecule has 4 aromatic rings. The Balaban J connectivity index is 1.69. The monoisotopic (exact) mass is 350 g/mol. The first-order chi connectivity index (χ1) is 12.6. The Bertz CT molecular complexity index is 1110. The molecule has 0 unspecified atom stereocenters. The number of anilines is 1. The maximum absolute atomic E-state index is 13.7. The number of carbonyl (C=O) groups excluding carboxylic acids is 1. The van der Waals surface area contributed by atoms with Gasteiger partial charge in [0.2, 0.25) is 0 Å². The summed E-state index contributed by atoms with van der Waals surface area (Å²) < 4.78 is 32.1. The van der Waals surface area contributed by atoms with Crippen LogP contribution in [0, 0.1) is 11.6 Å². The molecule has 4 rings (SSSR count). The van der Waals surface area contributed by atoms with Gasteiger partial charge < -0.3 is 9.84 Å². The summed E-state index contributed by atoms with van der Waals surface area (Å²) in [5.41, 5.74) is 1.65. The van der Waals surface area contributed by atoms with Crippen LogP contribution in [0.5, 0.6) is 0 Å². The van der Waals surface area contributed by atoms with Crippen LogP contribution >= 0.6 is 0 Å². The van der Waals surface area contributed by atoms with Crippen LogP contribution in [-0.2, 0) is 0 Å². The van der Waals surface area contributed by atoms with Gasteiger partial charge in [-0.1, -0.05) is 35.5 Å². The van der Waals surface area contributed by atoms with E-state index in [9.17, 15) is 13.6 Å². The second-order valence-corrected chi connectivity index (χ2v) is 5.69. The molecule has 1 N–H and O–H groups in total. The highest BCUT2D eigenvalue weighted by Gasteiger charge is 2.15. The molecule has 0 atom stereocenters. The van der Waals surface area contributed by atoms with E-state index < -0.39 is 17.5 Å². The van der Waals surface area contributed by atoms with Gasteiger partial charge in [0.15, 0.2) is 5.76 Å². The van der Waals surface area contributed by atoms with Crippen LogP contribution in [0.4, 0.5) is 14.5 Å². The first kappa shape index (κ1) is 16.0. The SMILES string of the molecule is O=C(Nc1ccc(F)cc1F)c1ccc2noc(-c3ccccc3)c2c1. The molecule has 0 aliphatic carbocycles. The maximum Gasteiger partial charge on any atom is 0.255 e. The molecular weight excluding hydrogens is 338 g/mol. The first-order valence-corrected chi connectivity index (χ1v) is 7.83. The fourth-order valence-electron chi connectivity index (χ4n) is 2.67. The number of aromatic nitrogens is 1. The second kappa shape index (κ2) is 6.40. The van der Waals surface area contributed by atoms with E-state index in [-0.39, 0.29) is 5.69 Å². The number of nitrogens with zero attached hydrogens (tertiary/aromatic N) is 1. The summed E-state index contributed by atoms with van der Waals surface area (Å²) in [6.07, 6.45) is 0. The summed E-state index contributed by atoms with van der Waals surface area (Å²) >= 11 is 0. The normalized spacial score (nSPS) is 10.8. The lowest BCUT2D eigenvalue weighted by Crippen LogP contribution is -2.13. The van der Waals surface area contributed by atoms with Crippen molar-refractivity contribution in [2.24, 2.45) is 0 Å². The number of fused-ring (bicyclic) bond motifs is 1. The quantitative estimate of drug-likeness (QED) is 0.564. The summed E-state index contributed by atoms with van der Waals surface area (Å²) in [7, 11) is 0. The van der Waals surface area contributed by atoms with Gasteiger partial charge >= 0.3 is 0 Å². The van der Waals surface area contributed by atoms with Gasteiger partial charge in [0.25, 0.3) is 5.91 Å². The van der Waals surface area contributed by atoms with Crippen molar-refractivity contribution in [1.29, 1.82) is 0 Å². The van der Waals surface area contributed by atoms with Gasteiger partial charge in [-0.25, -0.2) is 8.78 Å². The molecule has 26 heavy (non-hydrogen) atoms. The number of hydrogen-bond donors (Lipinski definition) is 1. The van der Waals surface area contributed by atoms with Crippen molar-refractivity contribution in [3.8, 4) is 11.3 Å². The molecule has 1 amide bonds. The molecule has 0 saturated carbocycles.